The smallest absolute Gasteiger partial charge is 0.257 e. The molecule has 2 heterocycles. The summed E-state index contributed by atoms with van der Waals surface area (Å²) in [5.41, 5.74) is 0.871. The molecule has 1 aromatic carbocycles. The molecule has 0 N–H and O–H groups in total. The highest BCUT2D eigenvalue weighted by Crippen LogP contribution is 2.37. The summed E-state index contributed by atoms with van der Waals surface area (Å²) >= 11 is 1.57. The van der Waals surface area contributed by atoms with Crippen LogP contribution < -0.4 is 4.74 Å². The molecule has 0 spiro atoms. The zero-order chi connectivity index (χ0) is 15.6. The van der Waals surface area contributed by atoms with Gasteiger partial charge in [0.25, 0.3) is 5.89 Å². The Balaban J connectivity index is 1.44. The molecule has 4 rings (SSSR count). The molecule has 118 valence electrons. The van der Waals surface area contributed by atoms with Crippen molar-refractivity contribution in [3.63, 3.8) is 0 Å². The van der Waals surface area contributed by atoms with Crippen molar-refractivity contribution in [1.29, 1.82) is 0 Å². The monoisotopic (exact) mass is 329 g/mol. The second-order valence-corrected chi connectivity index (χ2v) is 6.23. The van der Waals surface area contributed by atoms with Gasteiger partial charge >= 0.3 is 0 Å². The lowest BCUT2D eigenvalue weighted by Crippen LogP contribution is -1.95. The van der Waals surface area contributed by atoms with Crippen molar-refractivity contribution in [3.05, 3.63) is 36.4 Å². The summed E-state index contributed by atoms with van der Waals surface area (Å²) in [6, 6.07) is 8.09. The van der Waals surface area contributed by atoms with Crippen molar-refractivity contribution in [3.8, 4) is 17.2 Å². The largest absolute Gasteiger partial charge is 0.497 e. The molecule has 3 aromatic rings. The second kappa shape index (κ2) is 6.04. The lowest BCUT2D eigenvalue weighted by atomic mass is 10.2. The first-order valence-electron chi connectivity index (χ1n) is 7.33. The third kappa shape index (κ3) is 3.07. The Morgan fingerprint density at radius 1 is 1.30 bits per heavy atom. The van der Waals surface area contributed by atoms with Crippen LogP contribution in [-0.2, 0) is 5.75 Å². The van der Waals surface area contributed by atoms with Gasteiger partial charge in [-0.05, 0) is 37.1 Å². The lowest BCUT2D eigenvalue weighted by molar-refractivity contribution is 0.414. The first-order valence-corrected chi connectivity index (χ1v) is 8.31. The Morgan fingerprint density at radius 3 is 2.87 bits per heavy atom. The van der Waals surface area contributed by atoms with Crippen molar-refractivity contribution in [2.75, 3.05) is 7.11 Å². The van der Waals surface area contributed by atoms with Crippen molar-refractivity contribution in [1.82, 2.24) is 24.9 Å². The maximum atomic E-state index is 5.33. The van der Waals surface area contributed by atoms with Crippen LogP contribution in [0.3, 0.4) is 0 Å². The molecule has 0 saturated heterocycles. The van der Waals surface area contributed by atoms with Gasteiger partial charge in [0.15, 0.2) is 11.0 Å². The van der Waals surface area contributed by atoms with Crippen molar-refractivity contribution >= 4 is 11.8 Å². The van der Waals surface area contributed by atoms with E-state index in [2.05, 4.69) is 24.9 Å². The first kappa shape index (κ1) is 14.3. The number of nitrogens with zero attached hydrogens (tertiary/aromatic N) is 5. The lowest BCUT2D eigenvalue weighted by Gasteiger charge is -2.01. The van der Waals surface area contributed by atoms with Crippen LogP contribution in [0.1, 0.15) is 24.7 Å². The minimum Gasteiger partial charge on any atom is -0.497 e. The summed E-state index contributed by atoms with van der Waals surface area (Å²) in [4.78, 5) is 4.43. The van der Waals surface area contributed by atoms with Crippen LogP contribution in [0.5, 0.6) is 5.75 Å². The molecule has 0 radical (unpaired) electrons. The third-order valence-electron chi connectivity index (χ3n) is 3.62. The van der Waals surface area contributed by atoms with Gasteiger partial charge in [-0.3, -0.25) is 0 Å². The van der Waals surface area contributed by atoms with E-state index in [9.17, 15) is 0 Å². The van der Waals surface area contributed by atoms with E-state index in [1.807, 2.05) is 24.3 Å². The number of benzene rings is 1. The van der Waals surface area contributed by atoms with Gasteiger partial charge in [-0.1, -0.05) is 16.9 Å². The molecular weight excluding hydrogens is 314 g/mol. The Labute approximate surface area is 137 Å². The molecule has 0 atom stereocenters. The normalized spacial score (nSPS) is 14.1. The van der Waals surface area contributed by atoms with Crippen LogP contribution in [0, 0.1) is 0 Å². The highest BCUT2D eigenvalue weighted by Gasteiger charge is 2.26. The number of aromatic nitrogens is 5. The molecule has 8 heteroatoms. The second-order valence-electron chi connectivity index (χ2n) is 5.28. The van der Waals surface area contributed by atoms with Gasteiger partial charge in [0.1, 0.15) is 12.1 Å². The molecule has 1 saturated carbocycles. The van der Waals surface area contributed by atoms with Gasteiger partial charge in [-0.15, -0.1) is 10.2 Å². The maximum Gasteiger partial charge on any atom is 0.257 e. The van der Waals surface area contributed by atoms with Crippen molar-refractivity contribution < 1.29 is 9.26 Å². The topological polar surface area (TPSA) is 78.9 Å². The summed E-state index contributed by atoms with van der Waals surface area (Å²) in [5, 5.41) is 13.1. The molecule has 0 amide bonds. The summed E-state index contributed by atoms with van der Waals surface area (Å²) < 4.78 is 12.6. The van der Waals surface area contributed by atoms with Crippen LogP contribution in [0.25, 0.3) is 11.5 Å². The highest BCUT2D eigenvalue weighted by atomic mass is 32.2. The van der Waals surface area contributed by atoms with Crippen LogP contribution in [0.15, 0.2) is 40.3 Å². The van der Waals surface area contributed by atoms with Crippen molar-refractivity contribution in [2.24, 2.45) is 0 Å². The predicted octanol–water partition coefficient (Wildman–Crippen LogP) is 2.96. The minimum absolute atomic E-state index is 0.506. The minimum atomic E-state index is 0.506. The van der Waals surface area contributed by atoms with E-state index in [-0.39, 0.29) is 0 Å². The van der Waals surface area contributed by atoms with Crippen LogP contribution in [0.2, 0.25) is 0 Å². The molecule has 0 bridgehead atoms. The zero-order valence-corrected chi connectivity index (χ0v) is 13.4. The number of methoxy groups -OCH3 is 1. The molecule has 1 aliphatic carbocycles. The molecule has 0 aliphatic heterocycles. The van der Waals surface area contributed by atoms with Crippen LogP contribution >= 0.6 is 11.8 Å². The average molecular weight is 329 g/mol. The van der Waals surface area contributed by atoms with Crippen molar-refractivity contribution in [2.45, 2.75) is 29.8 Å². The third-order valence-corrected chi connectivity index (χ3v) is 4.57. The van der Waals surface area contributed by atoms with Gasteiger partial charge in [0.2, 0.25) is 0 Å². The Hall–Kier alpha value is -2.35. The van der Waals surface area contributed by atoms with Gasteiger partial charge in [-0.25, -0.2) is 0 Å². The fourth-order valence-electron chi connectivity index (χ4n) is 2.23. The average Bonchev–Trinajstić information content (AvgIpc) is 3.14. The summed E-state index contributed by atoms with van der Waals surface area (Å²) in [6.07, 6.45) is 4.20. The summed E-state index contributed by atoms with van der Waals surface area (Å²) in [5.74, 6) is 2.55. The quantitative estimate of drug-likeness (QED) is 0.643. The molecule has 23 heavy (non-hydrogen) atoms. The number of ether oxygens (including phenoxy) is 1. The number of hydrogen-bond acceptors (Lipinski definition) is 7. The number of rotatable bonds is 6. The van der Waals surface area contributed by atoms with Crippen LogP contribution in [-0.4, -0.2) is 32.0 Å². The number of thioether (sulfide) groups is 1. The molecular formula is C15H15N5O2S. The Morgan fingerprint density at radius 2 is 2.13 bits per heavy atom. The van der Waals surface area contributed by atoms with E-state index in [0.717, 1.165) is 16.5 Å². The fourth-order valence-corrected chi connectivity index (χ4v) is 3.06. The summed E-state index contributed by atoms with van der Waals surface area (Å²) in [6.45, 7) is 0. The van der Waals surface area contributed by atoms with E-state index in [4.69, 9.17) is 9.26 Å². The molecule has 7 nitrogen and oxygen atoms in total. The first-order chi connectivity index (χ1) is 11.3. The van der Waals surface area contributed by atoms with E-state index < -0.39 is 0 Å². The molecule has 0 unspecified atom stereocenters. The maximum absolute atomic E-state index is 5.33. The Kier molecular flexibility index (Phi) is 3.74. The molecule has 1 fully saturated rings. The van der Waals surface area contributed by atoms with E-state index in [1.54, 1.807) is 25.2 Å². The number of hydrogen-bond donors (Lipinski definition) is 0. The van der Waals surface area contributed by atoms with Gasteiger partial charge in [0.05, 0.1) is 12.9 Å². The standard InChI is InChI=1S/C15H15N5O2S/c1-21-12-6-2-10(3-7-12)14-17-13(19-22-14)8-23-15-18-16-9-20(15)11-4-5-11/h2-3,6-7,9,11H,4-5,8H2,1H3. The summed E-state index contributed by atoms with van der Waals surface area (Å²) in [7, 11) is 1.64. The van der Waals surface area contributed by atoms with Gasteiger partial charge < -0.3 is 13.8 Å². The van der Waals surface area contributed by atoms with E-state index in [1.165, 1.54) is 12.8 Å². The zero-order valence-electron chi connectivity index (χ0n) is 12.5. The highest BCUT2D eigenvalue weighted by molar-refractivity contribution is 7.98. The SMILES string of the molecule is COc1ccc(-c2nc(CSc3nncn3C3CC3)no2)cc1. The predicted molar refractivity (Wildman–Crippen MR) is 84.1 cm³/mol. The van der Waals surface area contributed by atoms with Gasteiger partial charge in [0, 0.05) is 11.6 Å². The molecule has 1 aliphatic rings. The Bertz CT molecular complexity index is 794. The van der Waals surface area contributed by atoms with Crippen LogP contribution in [0.4, 0.5) is 0 Å². The van der Waals surface area contributed by atoms with E-state index >= 15 is 0 Å². The van der Waals surface area contributed by atoms with Gasteiger partial charge in [-0.2, -0.15) is 4.98 Å². The fraction of sp³-hybridized carbons (Fsp3) is 0.333. The van der Waals surface area contributed by atoms with E-state index in [0.29, 0.717) is 23.5 Å². The molecule has 2 aromatic heterocycles.